The van der Waals surface area contributed by atoms with Gasteiger partial charge in [-0.3, -0.25) is 19.3 Å². The van der Waals surface area contributed by atoms with Crippen molar-refractivity contribution in [3.63, 3.8) is 0 Å². The lowest BCUT2D eigenvalue weighted by Gasteiger charge is -1.99. The molecule has 0 radical (unpaired) electrons. The van der Waals surface area contributed by atoms with Crippen molar-refractivity contribution < 1.29 is 9.72 Å². The third-order valence-corrected chi connectivity index (χ3v) is 3.27. The van der Waals surface area contributed by atoms with Gasteiger partial charge in [0.2, 0.25) is 0 Å². The van der Waals surface area contributed by atoms with Crippen molar-refractivity contribution in [1.29, 1.82) is 0 Å². The van der Waals surface area contributed by atoms with E-state index in [9.17, 15) is 14.9 Å². The Balaban J connectivity index is 2.19. The fourth-order valence-corrected chi connectivity index (χ4v) is 2.24. The molecule has 21 heavy (non-hydrogen) atoms. The molecule has 0 fully saturated rings. The summed E-state index contributed by atoms with van der Waals surface area (Å²) in [5, 5.41) is 10.7. The quantitative estimate of drug-likeness (QED) is 0.420. The Bertz CT molecular complexity index is 850. The van der Waals surface area contributed by atoms with Crippen LogP contribution in [0.25, 0.3) is 16.9 Å². The molecule has 0 unspecified atom stereocenters. The topological polar surface area (TPSA) is 77.5 Å². The molecule has 0 spiro atoms. The number of carbonyl (C=O) groups excluding carboxylic acids is 1. The summed E-state index contributed by atoms with van der Waals surface area (Å²) >= 11 is 0. The van der Waals surface area contributed by atoms with E-state index < -0.39 is 4.92 Å². The van der Waals surface area contributed by atoms with Crippen LogP contribution in [-0.4, -0.2) is 20.6 Å². The van der Waals surface area contributed by atoms with Crippen molar-refractivity contribution in [3.8, 4) is 11.3 Å². The molecule has 0 aliphatic heterocycles. The number of carbonyl (C=O) groups is 1. The van der Waals surface area contributed by atoms with E-state index in [0.717, 1.165) is 11.8 Å². The first-order valence-electron chi connectivity index (χ1n) is 6.29. The van der Waals surface area contributed by atoms with Crippen molar-refractivity contribution in [2.24, 2.45) is 0 Å². The smallest absolute Gasteiger partial charge is 0.269 e. The van der Waals surface area contributed by atoms with E-state index in [1.54, 1.807) is 16.5 Å². The van der Waals surface area contributed by atoms with Gasteiger partial charge in [-0.25, -0.2) is 4.98 Å². The van der Waals surface area contributed by atoms with Gasteiger partial charge in [-0.2, -0.15) is 0 Å². The Labute approximate surface area is 119 Å². The molecule has 0 saturated heterocycles. The highest BCUT2D eigenvalue weighted by Crippen LogP contribution is 2.25. The van der Waals surface area contributed by atoms with Crippen molar-refractivity contribution in [2.75, 3.05) is 0 Å². The summed E-state index contributed by atoms with van der Waals surface area (Å²) in [5.41, 5.74) is 3.30. The van der Waals surface area contributed by atoms with Gasteiger partial charge in [0.25, 0.3) is 5.69 Å². The maximum absolute atomic E-state index is 11.4. The minimum atomic E-state index is -0.461. The molecule has 6 nitrogen and oxygen atoms in total. The molecule has 1 aromatic carbocycles. The number of rotatable bonds is 3. The lowest BCUT2D eigenvalue weighted by molar-refractivity contribution is -0.384. The van der Waals surface area contributed by atoms with E-state index in [4.69, 9.17) is 0 Å². The predicted molar refractivity (Wildman–Crippen MR) is 77.4 cm³/mol. The van der Waals surface area contributed by atoms with Gasteiger partial charge in [0.05, 0.1) is 4.92 Å². The number of imidazole rings is 1. The maximum atomic E-state index is 11.4. The van der Waals surface area contributed by atoms with Gasteiger partial charge >= 0.3 is 0 Å². The number of nitrogens with zero attached hydrogens (tertiary/aromatic N) is 3. The van der Waals surface area contributed by atoms with E-state index in [0.29, 0.717) is 22.6 Å². The molecule has 0 saturated carbocycles. The van der Waals surface area contributed by atoms with Crippen LogP contribution in [0.4, 0.5) is 5.69 Å². The van der Waals surface area contributed by atoms with Crippen LogP contribution in [-0.2, 0) is 0 Å². The van der Waals surface area contributed by atoms with Gasteiger partial charge in [-0.1, -0.05) is 6.07 Å². The van der Waals surface area contributed by atoms with Gasteiger partial charge in [-0.05, 0) is 30.7 Å². The van der Waals surface area contributed by atoms with E-state index in [2.05, 4.69) is 4.98 Å². The van der Waals surface area contributed by atoms with Crippen LogP contribution in [0.5, 0.6) is 0 Å². The van der Waals surface area contributed by atoms with Crippen LogP contribution in [0.1, 0.15) is 16.1 Å². The standard InChI is InChI=1S/C15H11N3O3/c1-10-2-7-14-16-15(13(9-19)17(14)8-10)11-3-5-12(6-4-11)18(20)21/h2-9H,1H3. The number of benzene rings is 1. The Morgan fingerprint density at radius 1 is 1.19 bits per heavy atom. The average molecular weight is 281 g/mol. The molecule has 0 atom stereocenters. The summed E-state index contributed by atoms with van der Waals surface area (Å²) in [4.78, 5) is 26.0. The van der Waals surface area contributed by atoms with E-state index in [1.807, 2.05) is 25.3 Å². The Morgan fingerprint density at radius 2 is 1.90 bits per heavy atom. The van der Waals surface area contributed by atoms with Gasteiger partial charge in [0.15, 0.2) is 6.29 Å². The molecule has 0 N–H and O–H groups in total. The van der Waals surface area contributed by atoms with Crippen LogP contribution in [0.2, 0.25) is 0 Å². The summed E-state index contributed by atoms with van der Waals surface area (Å²) in [6.45, 7) is 1.93. The molecule has 0 aliphatic carbocycles. The second-order valence-corrected chi connectivity index (χ2v) is 4.70. The van der Waals surface area contributed by atoms with Gasteiger partial charge in [-0.15, -0.1) is 0 Å². The van der Waals surface area contributed by atoms with Gasteiger partial charge < -0.3 is 0 Å². The largest absolute Gasteiger partial charge is 0.296 e. The Morgan fingerprint density at radius 3 is 2.52 bits per heavy atom. The first-order valence-corrected chi connectivity index (χ1v) is 6.29. The summed E-state index contributed by atoms with van der Waals surface area (Å²) in [7, 11) is 0. The zero-order valence-corrected chi connectivity index (χ0v) is 11.2. The van der Waals surface area contributed by atoms with Crippen molar-refractivity contribution in [3.05, 3.63) is 64.0 Å². The third kappa shape index (κ3) is 2.16. The molecule has 3 rings (SSSR count). The molecule has 6 heteroatoms. The molecular formula is C15H11N3O3. The Kier molecular flexibility index (Phi) is 2.98. The van der Waals surface area contributed by atoms with Gasteiger partial charge in [0, 0.05) is 23.9 Å². The number of fused-ring (bicyclic) bond motifs is 1. The monoisotopic (exact) mass is 281 g/mol. The Hall–Kier alpha value is -3.02. The van der Waals surface area contributed by atoms with E-state index >= 15 is 0 Å². The normalized spacial score (nSPS) is 10.7. The summed E-state index contributed by atoms with van der Waals surface area (Å²) in [5.74, 6) is 0. The number of nitro benzene ring substituents is 1. The van der Waals surface area contributed by atoms with Gasteiger partial charge in [0.1, 0.15) is 17.0 Å². The highest BCUT2D eigenvalue weighted by Gasteiger charge is 2.14. The molecule has 0 aliphatic rings. The van der Waals surface area contributed by atoms with Crippen LogP contribution in [0, 0.1) is 17.0 Å². The third-order valence-electron chi connectivity index (χ3n) is 3.27. The minimum Gasteiger partial charge on any atom is -0.296 e. The molecule has 2 heterocycles. The number of nitro groups is 1. The number of aldehydes is 1. The number of non-ortho nitro benzene ring substituents is 1. The highest BCUT2D eigenvalue weighted by atomic mass is 16.6. The average Bonchev–Trinajstić information content (AvgIpc) is 2.85. The molecule has 0 amide bonds. The number of hydrogen-bond acceptors (Lipinski definition) is 4. The zero-order chi connectivity index (χ0) is 15.0. The summed E-state index contributed by atoms with van der Waals surface area (Å²) in [6, 6.07) is 9.74. The molecule has 104 valence electrons. The van der Waals surface area contributed by atoms with Crippen molar-refractivity contribution in [2.45, 2.75) is 6.92 Å². The summed E-state index contributed by atoms with van der Waals surface area (Å²) in [6.07, 6.45) is 2.58. The number of pyridine rings is 1. The lowest BCUT2D eigenvalue weighted by atomic mass is 10.1. The summed E-state index contributed by atoms with van der Waals surface area (Å²) < 4.78 is 1.72. The molecule has 2 aromatic heterocycles. The number of hydrogen-bond donors (Lipinski definition) is 0. The van der Waals surface area contributed by atoms with Crippen molar-refractivity contribution in [1.82, 2.24) is 9.38 Å². The second kappa shape index (κ2) is 4.82. The highest BCUT2D eigenvalue weighted by molar-refractivity contribution is 5.86. The lowest BCUT2D eigenvalue weighted by Crippen LogP contribution is -1.93. The molecule has 0 bridgehead atoms. The maximum Gasteiger partial charge on any atom is 0.269 e. The SMILES string of the molecule is Cc1ccc2nc(-c3ccc([N+](=O)[O-])cc3)c(C=O)n2c1. The first-order chi connectivity index (χ1) is 10.1. The van der Waals surface area contributed by atoms with Crippen LogP contribution in [0.3, 0.4) is 0 Å². The van der Waals surface area contributed by atoms with Crippen LogP contribution < -0.4 is 0 Å². The van der Waals surface area contributed by atoms with Crippen LogP contribution >= 0.6 is 0 Å². The first kappa shape index (κ1) is 13.0. The predicted octanol–water partition coefficient (Wildman–Crippen LogP) is 3.03. The fourth-order valence-electron chi connectivity index (χ4n) is 2.24. The minimum absolute atomic E-state index is 0.00557. The number of aromatic nitrogens is 2. The van der Waals surface area contributed by atoms with Crippen LogP contribution in [0.15, 0.2) is 42.6 Å². The number of aryl methyl sites for hydroxylation is 1. The molecule has 3 aromatic rings. The van der Waals surface area contributed by atoms with E-state index in [-0.39, 0.29) is 5.69 Å². The zero-order valence-electron chi connectivity index (χ0n) is 11.2. The van der Waals surface area contributed by atoms with Crippen molar-refractivity contribution >= 4 is 17.6 Å². The fraction of sp³-hybridized carbons (Fsp3) is 0.0667. The second-order valence-electron chi connectivity index (χ2n) is 4.70. The molecular weight excluding hydrogens is 270 g/mol. The van der Waals surface area contributed by atoms with E-state index in [1.165, 1.54) is 12.1 Å².